The van der Waals surface area contributed by atoms with Gasteiger partial charge in [0.25, 0.3) is 0 Å². The lowest BCUT2D eigenvalue weighted by Gasteiger charge is -2.19. The average molecular weight is 234 g/mol. The van der Waals surface area contributed by atoms with Gasteiger partial charge in [-0.15, -0.1) is 0 Å². The van der Waals surface area contributed by atoms with E-state index in [4.69, 9.17) is 11.5 Å². The van der Waals surface area contributed by atoms with Crippen molar-refractivity contribution < 1.29 is 4.79 Å². The van der Waals surface area contributed by atoms with Crippen LogP contribution < -0.4 is 11.5 Å². The number of hydrogen-bond donors (Lipinski definition) is 2. The molecule has 3 heteroatoms. The highest BCUT2D eigenvalue weighted by molar-refractivity contribution is 5.74. The number of primary amides is 1. The maximum atomic E-state index is 10.7. The lowest BCUT2D eigenvalue weighted by atomic mass is 9.86. The van der Waals surface area contributed by atoms with Crippen LogP contribution in [0, 0.1) is 0 Å². The van der Waals surface area contributed by atoms with Crippen molar-refractivity contribution in [2.75, 3.05) is 0 Å². The standard InChI is InChI=1S/C14H22N2O/c1-14(2,3)11-6-4-10(5-7-11)8-12(15)9-13(16)17/h4-7,12H,8-9,15H2,1-3H3,(H2,16,17). The number of carbonyl (C=O) groups is 1. The predicted octanol–water partition coefficient (Wildman–Crippen LogP) is 1.73. The van der Waals surface area contributed by atoms with Crippen molar-refractivity contribution in [3.8, 4) is 0 Å². The van der Waals surface area contributed by atoms with Gasteiger partial charge in [-0.2, -0.15) is 0 Å². The normalized spacial score (nSPS) is 13.4. The van der Waals surface area contributed by atoms with Crippen LogP contribution in [0.3, 0.4) is 0 Å². The molecule has 1 aromatic carbocycles. The van der Waals surface area contributed by atoms with Gasteiger partial charge in [-0.1, -0.05) is 45.0 Å². The van der Waals surface area contributed by atoms with Gasteiger partial charge in [-0.05, 0) is 23.0 Å². The molecule has 1 unspecified atom stereocenters. The molecule has 1 amide bonds. The summed E-state index contributed by atoms with van der Waals surface area (Å²) in [6.45, 7) is 6.54. The molecule has 3 nitrogen and oxygen atoms in total. The molecule has 1 rings (SSSR count). The summed E-state index contributed by atoms with van der Waals surface area (Å²) in [6.07, 6.45) is 0.925. The van der Waals surface area contributed by atoms with E-state index in [1.165, 1.54) is 5.56 Å². The molecular formula is C14H22N2O. The first-order valence-corrected chi connectivity index (χ1v) is 5.92. The van der Waals surface area contributed by atoms with Crippen molar-refractivity contribution >= 4 is 5.91 Å². The molecule has 0 aliphatic carbocycles. The minimum atomic E-state index is -0.344. The Hall–Kier alpha value is -1.35. The van der Waals surface area contributed by atoms with Crippen LogP contribution in [0.2, 0.25) is 0 Å². The quantitative estimate of drug-likeness (QED) is 0.833. The van der Waals surface area contributed by atoms with Crippen LogP contribution in [0.1, 0.15) is 38.3 Å². The lowest BCUT2D eigenvalue weighted by Crippen LogP contribution is -2.29. The second kappa shape index (κ2) is 5.32. The molecule has 17 heavy (non-hydrogen) atoms. The Labute approximate surface area is 103 Å². The van der Waals surface area contributed by atoms with E-state index in [9.17, 15) is 4.79 Å². The van der Waals surface area contributed by atoms with Crippen molar-refractivity contribution in [1.82, 2.24) is 0 Å². The number of nitrogens with two attached hydrogens (primary N) is 2. The molecule has 0 saturated heterocycles. The summed E-state index contributed by atoms with van der Waals surface area (Å²) >= 11 is 0. The molecule has 1 atom stereocenters. The number of hydrogen-bond acceptors (Lipinski definition) is 2. The maximum absolute atomic E-state index is 10.7. The fraction of sp³-hybridized carbons (Fsp3) is 0.500. The SMILES string of the molecule is CC(C)(C)c1ccc(CC(N)CC(N)=O)cc1. The summed E-state index contributed by atoms with van der Waals surface area (Å²) in [5.74, 6) is -0.344. The highest BCUT2D eigenvalue weighted by Crippen LogP contribution is 2.22. The van der Waals surface area contributed by atoms with Crippen LogP contribution in [-0.4, -0.2) is 11.9 Å². The summed E-state index contributed by atoms with van der Waals surface area (Å²) in [5, 5.41) is 0. The van der Waals surface area contributed by atoms with E-state index < -0.39 is 0 Å². The van der Waals surface area contributed by atoms with Crippen LogP contribution in [0.25, 0.3) is 0 Å². The van der Waals surface area contributed by atoms with E-state index in [2.05, 4.69) is 45.0 Å². The number of rotatable bonds is 4. The monoisotopic (exact) mass is 234 g/mol. The third-order valence-corrected chi connectivity index (χ3v) is 2.78. The summed E-state index contributed by atoms with van der Waals surface area (Å²) in [6, 6.07) is 8.19. The van der Waals surface area contributed by atoms with Crippen LogP contribution in [0.15, 0.2) is 24.3 Å². The van der Waals surface area contributed by atoms with Gasteiger partial charge in [0.2, 0.25) is 5.91 Å². The number of amides is 1. The Morgan fingerprint density at radius 1 is 1.24 bits per heavy atom. The topological polar surface area (TPSA) is 69.1 Å². The van der Waals surface area contributed by atoms with Crippen molar-refractivity contribution in [3.05, 3.63) is 35.4 Å². The van der Waals surface area contributed by atoms with Gasteiger partial charge in [0.05, 0.1) is 0 Å². The molecule has 0 aliphatic rings. The van der Waals surface area contributed by atoms with E-state index in [0.29, 0.717) is 6.42 Å². The molecule has 94 valence electrons. The highest BCUT2D eigenvalue weighted by Gasteiger charge is 2.13. The van der Waals surface area contributed by atoms with E-state index in [-0.39, 0.29) is 23.8 Å². The van der Waals surface area contributed by atoms with Gasteiger partial charge in [0.1, 0.15) is 0 Å². The molecule has 0 saturated carbocycles. The van der Waals surface area contributed by atoms with Gasteiger partial charge in [0.15, 0.2) is 0 Å². The molecule has 0 fully saturated rings. The van der Waals surface area contributed by atoms with E-state index >= 15 is 0 Å². The minimum absolute atomic E-state index is 0.161. The molecular weight excluding hydrogens is 212 g/mol. The van der Waals surface area contributed by atoms with Crippen molar-refractivity contribution in [1.29, 1.82) is 0 Å². The largest absolute Gasteiger partial charge is 0.370 e. The van der Waals surface area contributed by atoms with Gasteiger partial charge in [-0.25, -0.2) is 0 Å². The fourth-order valence-electron chi connectivity index (χ4n) is 1.77. The van der Waals surface area contributed by atoms with Crippen molar-refractivity contribution in [3.63, 3.8) is 0 Å². The zero-order valence-electron chi connectivity index (χ0n) is 10.9. The third kappa shape index (κ3) is 4.57. The summed E-state index contributed by atoms with van der Waals surface area (Å²) < 4.78 is 0. The second-order valence-corrected chi connectivity index (χ2v) is 5.58. The van der Waals surface area contributed by atoms with E-state index in [0.717, 1.165) is 5.56 Å². The van der Waals surface area contributed by atoms with Crippen LogP contribution in [0.5, 0.6) is 0 Å². The molecule has 0 spiro atoms. The first-order chi connectivity index (χ1) is 7.79. The Balaban J connectivity index is 2.66. The zero-order valence-corrected chi connectivity index (χ0v) is 10.9. The molecule has 1 aromatic rings. The van der Waals surface area contributed by atoms with Crippen LogP contribution in [-0.2, 0) is 16.6 Å². The van der Waals surface area contributed by atoms with Gasteiger partial charge >= 0.3 is 0 Å². The van der Waals surface area contributed by atoms with Crippen molar-refractivity contribution in [2.24, 2.45) is 11.5 Å². The first kappa shape index (κ1) is 13.7. The smallest absolute Gasteiger partial charge is 0.218 e. The highest BCUT2D eigenvalue weighted by atomic mass is 16.1. The Morgan fingerprint density at radius 2 is 1.76 bits per heavy atom. The summed E-state index contributed by atoms with van der Waals surface area (Å²) in [7, 11) is 0. The third-order valence-electron chi connectivity index (χ3n) is 2.78. The van der Waals surface area contributed by atoms with Gasteiger partial charge in [-0.3, -0.25) is 4.79 Å². The average Bonchev–Trinajstić information content (AvgIpc) is 2.15. The fourth-order valence-corrected chi connectivity index (χ4v) is 1.77. The maximum Gasteiger partial charge on any atom is 0.218 e. The Kier molecular flexibility index (Phi) is 4.29. The minimum Gasteiger partial charge on any atom is -0.370 e. The molecule has 0 aromatic heterocycles. The van der Waals surface area contributed by atoms with Gasteiger partial charge < -0.3 is 11.5 Å². The van der Waals surface area contributed by atoms with E-state index in [1.807, 2.05) is 0 Å². The zero-order chi connectivity index (χ0) is 13.1. The van der Waals surface area contributed by atoms with Crippen LogP contribution >= 0.6 is 0 Å². The van der Waals surface area contributed by atoms with Crippen molar-refractivity contribution in [2.45, 2.75) is 45.1 Å². The molecule has 0 heterocycles. The number of benzene rings is 1. The van der Waals surface area contributed by atoms with Crippen LogP contribution in [0.4, 0.5) is 0 Å². The summed E-state index contributed by atoms with van der Waals surface area (Å²) in [5.41, 5.74) is 13.5. The van der Waals surface area contributed by atoms with Gasteiger partial charge in [0, 0.05) is 12.5 Å². The Morgan fingerprint density at radius 3 is 2.18 bits per heavy atom. The second-order valence-electron chi connectivity index (χ2n) is 5.58. The molecule has 0 aliphatic heterocycles. The summed E-state index contributed by atoms with van der Waals surface area (Å²) in [4.78, 5) is 10.7. The molecule has 0 bridgehead atoms. The molecule has 4 N–H and O–H groups in total. The predicted molar refractivity (Wildman–Crippen MR) is 70.6 cm³/mol. The number of carbonyl (C=O) groups excluding carboxylic acids is 1. The first-order valence-electron chi connectivity index (χ1n) is 5.92. The lowest BCUT2D eigenvalue weighted by molar-refractivity contribution is -0.118. The van der Waals surface area contributed by atoms with E-state index in [1.54, 1.807) is 0 Å². The Bertz CT molecular complexity index is 376. The molecule has 0 radical (unpaired) electrons.